The Morgan fingerprint density at radius 3 is 2.33 bits per heavy atom. The Morgan fingerprint density at radius 1 is 1.29 bits per heavy atom. The largest absolute Gasteiger partial charge is 0.486 e. The number of para-hydroxylation sites is 2. The van der Waals surface area contributed by atoms with Crippen LogP contribution in [0.25, 0.3) is 0 Å². The van der Waals surface area contributed by atoms with Crippen LogP contribution in [0.4, 0.5) is 5.69 Å². The fourth-order valence-electron chi connectivity index (χ4n) is 2.03. The summed E-state index contributed by atoms with van der Waals surface area (Å²) in [5, 5.41) is 10.9. The summed E-state index contributed by atoms with van der Waals surface area (Å²) in [6.07, 6.45) is 1.08. The number of nitro groups is 1. The van der Waals surface area contributed by atoms with E-state index in [1.807, 2.05) is 13.8 Å². The SMILES string of the molecule is CCC(CC)(COc1ccccc1[N+](=O)[O-])CS(=O)(=O)Cl. The second kappa shape index (κ2) is 7.09. The molecule has 0 aliphatic heterocycles. The van der Waals surface area contributed by atoms with Gasteiger partial charge in [-0.05, 0) is 18.9 Å². The molecule has 0 fully saturated rings. The highest BCUT2D eigenvalue weighted by molar-refractivity contribution is 8.13. The van der Waals surface area contributed by atoms with Crippen molar-refractivity contribution in [2.45, 2.75) is 26.7 Å². The molecule has 0 amide bonds. The first-order valence-electron chi connectivity index (χ1n) is 6.51. The van der Waals surface area contributed by atoms with Gasteiger partial charge in [0.05, 0.1) is 17.3 Å². The molecule has 0 atom stereocenters. The Morgan fingerprint density at radius 2 is 1.86 bits per heavy atom. The summed E-state index contributed by atoms with van der Waals surface area (Å²) in [5.41, 5.74) is -0.808. The number of ether oxygens (including phenoxy) is 1. The molecule has 0 aromatic heterocycles. The van der Waals surface area contributed by atoms with Crippen LogP contribution in [0.15, 0.2) is 24.3 Å². The topological polar surface area (TPSA) is 86.5 Å². The van der Waals surface area contributed by atoms with Crippen LogP contribution in [0, 0.1) is 15.5 Å². The zero-order valence-corrected chi connectivity index (χ0v) is 13.5. The van der Waals surface area contributed by atoms with Gasteiger partial charge in [0.15, 0.2) is 5.75 Å². The molecule has 0 aliphatic rings. The van der Waals surface area contributed by atoms with Crippen LogP contribution in [-0.2, 0) is 9.05 Å². The van der Waals surface area contributed by atoms with Gasteiger partial charge in [0.1, 0.15) is 0 Å². The molecule has 21 heavy (non-hydrogen) atoms. The van der Waals surface area contributed by atoms with Crippen LogP contribution in [0.2, 0.25) is 0 Å². The standard InChI is InChI=1S/C13H18ClNO5S/c1-3-13(4-2,10-21(14,18)19)9-20-12-8-6-5-7-11(12)15(16)17/h5-8H,3-4,9-10H2,1-2H3. The lowest BCUT2D eigenvalue weighted by Crippen LogP contribution is -2.33. The summed E-state index contributed by atoms with van der Waals surface area (Å²) >= 11 is 0. The Balaban J connectivity index is 2.95. The molecule has 0 spiro atoms. The lowest BCUT2D eigenvalue weighted by molar-refractivity contribution is -0.386. The zero-order chi connectivity index (χ0) is 16.1. The second-order valence-electron chi connectivity index (χ2n) is 4.90. The molecule has 0 aliphatic carbocycles. The molecule has 0 radical (unpaired) electrons. The van der Waals surface area contributed by atoms with Crippen LogP contribution < -0.4 is 4.74 Å². The normalized spacial score (nSPS) is 12.1. The van der Waals surface area contributed by atoms with Gasteiger partial charge >= 0.3 is 5.69 Å². The quantitative estimate of drug-likeness (QED) is 0.413. The van der Waals surface area contributed by atoms with Crippen LogP contribution in [-0.4, -0.2) is 25.7 Å². The first-order chi connectivity index (χ1) is 9.73. The number of rotatable bonds is 8. The number of nitro benzene ring substituents is 1. The number of hydrogen-bond acceptors (Lipinski definition) is 5. The number of halogens is 1. The van der Waals surface area contributed by atoms with Crippen molar-refractivity contribution in [2.75, 3.05) is 12.4 Å². The molecule has 0 N–H and O–H groups in total. The van der Waals surface area contributed by atoms with Crippen molar-refractivity contribution < 1.29 is 18.1 Å². The molecule has 8 heteroatoms. The van der Waals surface area contributed by atoms with Gasteiger partial charge in [0.2, 0.25) is 9.05 Å². The molecule has 118 valence electrons. The lowest BCUT2D eigenvalue weighted by Gasteiger charge is -2.29. The van der Waals surface area contributed by atoms with E-state index in [0.29, 0.717) is 12.8 Å². The van der Waals surface area contributed by atoms with Gasteiger partial charge in [0, 0.05) is 22.2 Å². The summed E-state index contributed by atoms with van der Waals surface area (Å²) in [4.78, 5) is 10.4. The van der Waals surface area contributed by atoms with E-state index < -0.39 is 19.4 Å². The Labute approximate surface area is 128 Å². The highest BCUT2D eigenvalue weighted by atomic mass is 35.7. The second-order valence-corrected chi connectivity index (χ2v) is 7.68. The van der Waals surface area contributed by atoms with Crippen molar-refractivity contribution in [3.05, 3.63) is 34.4 Å². The lowest BCUT2D eigenvalue weighted by atomic mass is 9.85. The van der Waals surface area contributed by atoms with Crippen LogP contribution in [0.3, 0.4) is 0 Å². The van der Waals surface area contributed by atoms with Gasteiger partial charge in [-0.25, -0.2) is 8.42 Å². The minimum Gasteiger partial charge on any atom is -0.486 e. The summed E-state index contributed by atoms with van der Waals surface area (Å²) in [6.45, 7) is 3.74. The van der Waals surface area contributed by atoms with Crippen LogP contribution in [0.1, 0.15) is 26.7 Å². The predicted molar refractivity (Wildman–Crippen MR) is 81.2 cm³/mol. The maximum absolute atomic E-state index is 11.4. The van der Waals surface area contributed by atoms with Crippen LogP contribution >= 0.6 is 10.7 Å². The molecule has 0 saturated carbocycles. The third kappa shape index (κ3) is 5.17. The van der Waals surface area contributed by atoms with E-state index in [4.69, 9.17) is 15.4 Å². The van der Waals surface area contributed by atoms with Crippen molar-refractivity contribution in [1.29, 1.82) is 0 Å². The molecule has 1 aromatic carbocycles. The van der Waals surface area contributed by atoms with E-state index >= 15 is 0 Å². The number of hydrogen-bond donors (Lipinski definition) is 0. The van der Waals surface area contributed by atoms with Crippen molar-refractivity contribution in [3.63, 3.8) is 0 Å². The highest BCUT2D eigenvalue weighted by Gasteiger charge is 2.33. The molecule has 0 saturated heterocycles. The first-order valence-corrected chi connectivity index (χ1v) is 8.99. The summed E-state index contributed by atoms with van der Waals surface area (Å²) < 4.78 is 28.2. The minimum absolute atomic E-state index is 0.0524. The highest BCUT2D eigenvalue weighted by Crippen LogP contribution is 2.33. The van der Waals surface area contributed by atoms with E-state index in [1.54, 1.807) is 12.1 Å². The fourth-order valence-corrected chi connectivity index (χ4v) is 3.94. The zero-order valence-electron chi connectivity index (χ0n) is 11.9. The smallest absolute Gasteiger partial charge is 0.310 e. The fraction of sp³-hybridized carbons (Fsp3) is 0.538. The average molecular weight is 336 g/mol. The van der Waals surface area contributed by atoms with Gasteiger partial charge in [-0.15, -0.1) is 0 Å². The van der Waals surface area contributed by atoms with Crippen molar-refractivity contribution in [2.24, 2.45) is 5.41 Å². The molecule has 1 rings (SSSR count). The van der Waals surface area contributed by atoms with Gasteiger partial charge in [0.25, 0.3) is 0 Å². The van der Waals surface area contributed by atoms with E-state index in [-0.39, 0.29) is 23.8 Å². The van der Waals surface area contributed by atoms with Crippen molar-refractivity contribution in [1.82, 2.24) is 0 Å². The Hall–Kier alpha value is -1.34. The average Bonchev–Trinajstić information content (AvgIpc) is 2.42. The van der Waals surface area contributed by atoms with E-state index in [1.165, 1.54) is 12.1 Å². The molecular formula is C13H18ClNO5S. The molecule has 6 nitrogen and oxygen atoms in total. The monoisotopic (exact) mass is 335 g/mol. The Kier molecular flexibility index (Phi) is 5.98. The minimum atomic E-state index is -3.68. The van der Waals surface area contributed by atoms with Gasteiger partial charge < -0.3 is 4.74 Å². The van der Waals surface area contributed by atoms with Gasteiger partial charge in [-0.2, -0.15) is 0 Å². The Bertz CT molecular complexity index is 598. The maximum atomic E-state index is 11.4. The van der Waals surface area contributed by atoms with E-state index in [0.717, 1.165) is 0 Å². The van der Waals surface area contributed by atoms with Crippen molar-refractivity contribution in [3.8, 4) is 5.75 Å². The molecule has 1 aromatic rings. The number of benzene rings is 1. The summed E-state index contributed by atoms with van der Waals surface area (Å²) in [7, 11) is 1.67. The third-order valence-corrected chi connectivity index (χ3v) is 4.86. The predicted octanol–water partition coefficient (Wildman–Crippen LogP) is 3.35. The summed E-state index contributed by atoms with van der Waals surface area (Å²) in [6, 6.07) is 6.00. The molecular weight excluding hydrogens is 318 g/mol. The van der Waals surface area contributed by atoms with E-state index in [2.05, 4.69) is 0 Å². The molecule has 0 bridgehead atoms. The molecule has 0 heterocycles. The number of nitrogens with zero attached hydrogens (tertiary/aromatic N) is 1. The van der Waals surface area contributed by atoms with Crippen molar-refractivity contribution >= 4 is 25.4 Å². The summed E-state index contributed by atoms with van der Waals surface area (Å²) in [5.74, 6) is -0.101. The van der Waals surface area contributed by atoms with E-state index in [9.17, 15) is 18.5 Å². The first kappa shape index (κ1) is 17.7. The van der Waals surface area contributed by atoms with Gasteiger partial charge in [-0.3, -0.25) is 10.1 Å². The van der Waals surface area contributed by atoms with Gasteiger partial charge in [-0.1, -0.05) is 26.0 Å². The third-order valence-electron chi connectivity index (χ3n) is 3.57. The maximum Gasteiger partial charge on any atom is 0.310 e. The van der Waals surface area contributed by atoms with Crippen LogP contribution in [0.5, 0.6) is 5.75 Å². The molecule has 0 unspecified atom stereocenters.